The van der Waals surface area contributed by atoms with Gasteiger partial charge in [0.15, 0.2) is 0 Å². The molecule has 1 aromatic carbocycles. The van der Waals surface area contributed by atoms with Gasteiger partial charge in [0.1, 0.15) is 18.2 Å². The number of halogens is 4. The summed E-state index contributed by atoms with van der Waals surface area (Å²) in [4.78, 5) is 17.0. The molecule has 3 heterocycles. The fourth-order valence-corrected chi connectivity index (χ4v) is 3.42. The zero-order valence-corrected chi connectivity index (χ0v) is 17.4. The zero-order chi connectivity index (χ0) is 23.6. The maximum Gasteiger partial charge on any atom is 0.416 e. The van der Waals surface area contributed by atoms with Gasteiger partial charge in [-0.3, -0.25) is 9.78 Å². The molecular formula is C23H18F4N4O2. The van der Waals surface area contributed by atoms with E-state index in [1.807, 2.05) is 6.07 Å². The highest BCUT2D eigenvalue weighted by molar-refractivity contribution is 6.02. The first-order valence-corrected chi connectivity index (χ1v) is 9.88. The highest BCUT2D eigenvalue weighted by Crippen LogP contribution is 2.33. The zero-order valence-electron chi connectivity index (χ0n) is 17.4. The van der Waals surface area contributed by atoms with Gasteiger partial charge in [-0.2, -0.15) is 18.3 Å². The topological polar surface area (TPSA) is 68.5 Å². The summed E-state index contributed by atoms with van der Waals surface area (Å²) in [6, 6.07) is 11.4. The number of alkyl halides is 3. The molecule has 1 N–H and O–H groups in total. The molecule has 0 bridgehead atoms. The van der Waals surface area contributed by atoms with Crippen molar-refractivity contribution in [2.45, 2.75) is 26.3 Å². The normalized spacial score (nSPS) is 11.5. The van der Waals surface area contributed by atoms with Gasteiger partial charge in [0.05, 0.1) is 28.0 Å². The van der Waals surface area contributed by atoms with Gasteiger partial charge in [0, 0.05) is 30.6 Å². The third-order valence-electron chi connectivity index (χ3n) is 4.97. The van der Waals surface area contributed by atoms with E-state index in [1.54, 1.807) is 43.6 Å². The Morgan fingerprint density at radius 2 is 1.97 bits per heavy atom. The number of aromatic nitrogens is 3. The first-order chi connectivity index (χ1) is 15.7. The minimum absolute atomic E-state index is 0.156. The van der Waals surface area contributed by atoms with Crippen LogP contribution < -0.4 is 10.1 Å². The maximum absolute atomic E-state index is 14.1. The molecule has 0 radical (unpaired) electrons. The second-order valence-electron chi connectivity index (χ2n) is 7.21. The third kappa shape index (κ3) is 4.79. The molecule has 0 saturated heterocycles. The van der Waals surface area contributed by atoms with Crippen LogP contribution in [0.4, 0.5) is 17.6 Å². The predicted molar refractivity (Wildman–Crippen MR) is 111 cm³/mol. The molecule has 6 nitrogen and oxygen atoms in total. The first-order valence-electron chi connectivity index (χ1n) is 9.88. The van der Waals surface area contributed by atoms with Crippen LogP contribution in [0, 0.1) is 12.7 Å². The lowest BCUT2D eigenvalue weighted by Gasteiger charge is -2.14. The lowest BCUT2D eigenvalue weighted by molar-refractivity contribution is -0.138. The van der Waals surface area contributed by atoms with Crippen molar-refractivity contribution in [3.8, 4) is 5.75 Å². The maximum atomic E-state index is 14.1. The van der Waals surface area contributed by atoms with E-state index in [4.69, 9.17) is 4.74 Å². The molecule has 4 rings (SSSR count). The van der Waals surface area contributed by atoms with Gasteiger partial charge in [-0.05, 0) is 37.3 Å². The number of rotatable bonds is 6. The molecule has 0 aliphatic carbocycles. The van der Waals surface area contributed by atoms with Crippen LogP contribution in [-0.4, -0.2) is 20.5 Å². The summed E-state index contributed by atoms with van der Waals surface area (Å²) >= 11 is 0. The first kappa shape index (κ1) is 22.3. The average molecular weight is 458 g/mol. The molecule has 0 atom stereocenters. The van der Waals surface area contributed by atoms with E-state index in [9.17, 15) is 22.4 Å². The number of carbonyl (C=O) groups excluding carboxylic acids is 1. The molecule has 0 spiro atoms. The van der Waals surface area contributed by atoms with Gasteiger partial charge in [-0.25, -0.2) is 8.91 Å². The Hall–Kier alpha value is -3.95. The summed E-state index contributed by atoms with van der Waals surface area (Å²) in [6.07, 6.45) is -1.50. The smallest absolute Gasteiger partial charge is 0.416 e. The fourth-order valence-electron chi connectivity index (χ4n) is 3.42. The summed E-state index contributed by atoms with van der Waals surface area (Å²) in [5, 5.41) is 6.64. The van der Waals surface area contributed by atoms with Gasteiger partial charge < -0.3 is 10.1 Å². The number of amides is 1. The van der Waals surface area contributed by atoms with Crippen LogP contribution in [0.15, 0.2) is 60.9 Å². The van der Waals surface area contributed by atoms with Crippen molar-refractivity contribution in [2.24, 2.45) is 0 Å². The van der Waals surface area contributed by atoms with Gasteiger partial charge in [-0.1, -0.05) is 12.1 Å². The molecule has 3 aromatic heterocycles. The van der Waals surface area contributed by atoms with Gasteiger partial charge in [-0.15, -0.1) is 0 Å². The molecule has 0 aliphatic rings. The van der Waals surface area contributed by atoms with Crippen LogP contribution >= 0.6 is 0 Å². The van der Waals surface area contributed by atoms with E-state index >= 15 is 0 Å². The van der Waals surface area contributed by atoms with E-state index in [0.29, 0.717) is 22.7 Å². The Morgan fingerprint density at radius 1 is 1.15 bits per heavy atom. The van der Waals surface area contributed by atoms with E-state index < -0.39 is 35.6 Å². The van der Waals surface area contributed by atoms with E-state index in [1.165, 1.54) is 4.52 Å². The van der Waals surface area contributed by atoms with Crippen LogP contribution in [0.25, 0.3) is 5.52 Å². The lowest BCUT2D eigenvalue weighted by atomic mass is 10.1. The summed E-state index contributed by atoms with van der Waals surface area (Å²) in [6.45, 7) is 1.17. The molecule has 0 aliphatic heterocycles. The number of hydrogen-bond acceptors (Lipinski definition) is 4. The minimum Gasteiger partial charge on any atom is -0.487 e. The number of pyridine rings is 2. The Kier molecular flexibility index (Phi) is 5.99. The Morgan fingerprint density at radius 3 is 2.70 bits per heavy atom. The molecule has 170 valence electrons. The quantitative estimate of drug-likeness (QED) is 0.425. The monoisotopic (exact) mass is 458 g/mol. The highest BCUT2D eigenvalue weighted by atomic mass is 19.4. The van der Waals surface area contributed by atoms with Crippen LogP contribution in [0.5, 0.6) is 5.75 Å². The third-order valence-corrected chi connectivity index (χ3v) is 4.97. The van der Waals surface area contributed by atoms with Crippen LogP contribution in [0.1, 0.15) is 32.9 Å². The molecule has 4 aromatic rings. The molecular weight excluding hydrogens is 440 g/mol. The molecule has 0 unspecified atom stereocenters. The highest BCUT2D eigenvalue weighted by Gasteiger charge is 2.34. The second-order valence-corrected chi connectivity index (χ2v) is 7.21. The lowest BCUT2D eigenvalue weighted by Crippen LogP contribution is -2.25. The van der Waals surface area contributed by atoms with Crippen LogP contribution in [-0.2, 0) is 19.3 Å². The molecule has 1 amide bonds. The van der Waals surface area contributed by atoms with Crippen molar-refractivity contribution in [3.63, 3.8) is 0 Å². The van der Waals surface area contributed by atoms with Crippen molar-refractivity contribution in [2.75, 3.05) is 0 Å². The summed E-state index contributed by atoms with van der Waals surface area (Å²) in [5.41, 5.74) is -0.142. The molecule has 10 heteroatoms. The molecule has 0 fully saturated rings. The number of hydrogen-bond donors (Lipinski definition) is 1. The van der Waals surface area contributed by atoms with E-state index in [2.05, 4.69) is 15.4 Å². The van der Waals surface area contributed by atoms with Gasteiger partial charge in [0.2, 0.25) is 0 Å². The van der Waals surface area contributed by atoms with Crippen molar-refractivity contribution < 1.29 is 27.1 Å². The molecule has 0 saturated carbocycles. The number of aryl methyl sites for hydroxylation is 1. The number of benzene rings is 1. The Bertz CT molecular complexity index is 1300. The predicted octanol–water partition coefficient (Wildman–Crippen LogP) is 4.70. The fraction of sp³-hybridized carbons (Fsp3) is 0.174. The standard InChI is InChI=1S/C23H18F4N4O2/c1-14-21(22(32)29-12-17-18(23(25,26)27)6-4-7-19(17)24)20-11-16(8-10-31(20)30-14)33-13-15-5-2-3-9-28-15/h2-11H,12-13H2,1H3,(H,29,32). The number of nitrogens with one attached hydrogen (secondary N) is 1. The average Bonchev–Trinajstić information content (AvgIpc) is 3.11. The summed E-state index contributed by atoms with van der Waals surface area (Å²) in [7, 11) is 0. The van der Waals surface area contributed by atoms with Crippen molar-refractivity contribution in [1.29, 1.82) is 0 Å². The largest absolute Gasteiger partial charge is 0.487 e. The second kappa shape index (κ2) is 8.89. The van der Waals surface area contributed by atoms with Crippen molar-refractivity contribution >= 4 is 11.4 Å². The Balaban J connectivity index is 1.57. The van der Waals surface area contributed by atoms with Gasteiger partial charge in [0.25, 0.3) is 5.91 Å². The van der Waals surface area contributed by atoms with E-state index in [0.717, 1.165) is 18.2 Å². The van der Waals surface area contributed by atoms with Crippen LogP contribution in [0.2, 0.25) is 0 Å². The van der Waals surface area contributed by atoms with Crippen molar-refractivity contribution in [3.05, 3.63) is 94.8 Å². The Labute approximate surface area is 185 Å². The van der Waals surface area contributed by atoms with Crippen molar-refractivity contribution in [1.82, 2.24) is 19.9 Å². The number of fused-ring (bicyclic) bond motifs is 1. The van der Waals surface area contributed by atoms with Crippen LogP contribution in [0.3, 0.4) is 0 Å². The molecule has 33 heavy (non-hydrogen) atoms. The number of carbonyl (C=O) groups is 1. The summed E-state index contributed by atoms with van der Waals surface area (Å²) in [5.74, 6) is -1.27. The van der Waals surface area contributed by atoms with E-state index in [-0.39, 0.29) is 12.2 Å². The number of nitrogens with zero attached hydrogens (tertiary/aromatic N) is 3. The SMILES string of the molecule is Cc1nn2ccc(OCc3ccccn3)cc2c1C(=O)NCc1c(F)cccc1C(F)(F)F. The number of ether oxygens (including phenoxy) is 1. The summed E-state index contributed by atoms with van der Waals surface area (Å²) < 4.78 is 61.0. The minimum atomic E-state index is -4.75. The van der Waals surface area contributed by atoms with Gasteiger partial charge >= 0.3 is 6.18 Å².